The number of unbranched alkanes of at least 4 members (excludes halogenated alkanes) is 1. The predicted octanol–water partition coefficient (Wildman–Crippen LogP) is 4.46. The molecular formula is C25H33N5O2. The van der Waals surface area contributed by atoms with E-state index in [0.717, 1.165) is 36.6 Å². The van der Waals surface area contributed by atoms with Gasteiger partial charge in [0, 0.05) is 30.7 Å². The first-order chi connectivity index (χ1) is 15.5. The fraction of sp³-hybridized carbons (Fsp3) is 0.360. The summed E-state index contributed by atoms with van der Waals surface area (Å²) in [6.45, 7) is 3.89. The molecule has 0 saturated heterocycles. The van der Waals surface area contributed by atoms with Crippen molar-refractivity contribution >= 4 is 23.1 Å². The van der Waals surface area contributed by atoms with Crippen LogP contribution in [0.25, 0.3) is 0 Å². The topological polar surface area (TPSA) is 73.8 Å². The van der Waals surface area contributed by atoms with E-state index in [1.54, 1.807) is 6.20 Å². The Morgan fingerprint density at radius 2 is 1.78 bits per heavy atom. The average molecular weight is 436 g/mol. The summed E-state index contributed by atoms with van der Waals surface area (Å²) in [5.74, 6) is 2.10. The highest BCUT2D eigenvalue weighted by Gasteiger charge is 2.12. The number of benzene rings is 2. The second-order valence-electron chi connectivity index (χ2n) is 7.96. The van der Waals surface area contributed by atoms with Gasteiger partial charge in [-0.3, -0.25) is 0 Å². The van der Waals surface area contributed by atoms with Gasteiger partial charge in [-0.2, -0.15) is 4.98 Å². The second kappa shape index (κ2) is 12.0. The number of hydrogen-bond acceptors (Lipinski definition) is 7. The van der Waals surface area contributed by atoms with Crippen LogP contribution in [0.15, 0.2) is 66.9 Å². The first kappa shape index (κ1) is 23.5. The van der Waals surface area contributed by atoms with E-state index in [9.17, 15) is 5.11 Å². The molecule has 0 bridgehead atoms. The number of nitrogens with zero attached hydrogens (tertiary/aromatic N) is 4. The molecular weight excluding hydrogens is 402 g/mol. The maximum Gasteiger partial charge on any atom is 0.229 e. The van der Waals surface area contributed by atoms with Crippen molar-refractivity contribution in [2.24, 2.45) is 0 Å². The van der Waals surface area contributed by atoms with E-state index in [-0.39, 0.29) is 6.61 Å². The molecule has 0 spiro atoms. The standard InChI is InChI=1S/C25H33N5O2/c1-4-5-17-30(21-9-7-6-8-10-21)24-15-16-26-25(28-24)27-20-11-13-23(14-12-20)32-19-22(31)18-29(2)3/h6-16,22,31H,4-5,17-19H2,1-3H3,(H,26,27,28). The number of hydrogen-bond donors (Lipinski definition) is 2. The fourth-order valence-corrected chi connectivity index (χ4v) is 3.29. The minimum atomic E-state index is -0.529. The smallest absolute Gasteiger partial charge is 0.229 e. The molecule has 170 valence electrons. The van der Waals surface area contributed by atoms with Gasteiger partial charge in [-0.1, -0.05) is 31.5 Å². The quantitative estimate of drug-likeness (QED) is 0.435. The summed E-state index contributed by atoms with van der Waals surface area (Å²) >= 11 is 0. The molecule has 0 radical (unpaired) electrons. The van der Waals surface area contributed by atoms with Crippen molar-refractivity contribution < 1.29 is 9.84 Å². The number of para-hydroxylation sites is 1. The molecule has 1 heterocycles. The number of likely N-dealkylation sites (N-methyl/N-ethyl adjacent to an activating group) is 1. The van der Waals surface area contributed by atoms with E-state index >= 15 is 0 Å². The Balaban J connectivity index is 1.66. The van der Waals surface area contributed by atoms with Gasteiger partial charge in [0.25, 0.3) is 0 Å². The Labute approximate surface area is 190 Å². The Morgan fingerprint density at radius 1 is 1.03 bits per heavy atom. The monoisotopic (exact) mass is 435 g/mol. The lowest BCUT2D eigenvalue weighted by Crippen LogP contribution is -2.30. The average Bonchev–Trinajstić information content (AvgIpc) is 2.79. The van der Waals surface area contributed by atoms with Crippen LogP contribution in [0.2, 0.25) is 0 Å². The van der Waals surface area contributed by atoms with E-state index in [1.165, 1.54) is 0 Å². The summed E-state index contributed by atoms with van der Waals surface area (Å²) in [6.07, 6.45) is 3.43. The van der Waals surface area contributed by atoms with E-state index in [4.69, 9.17) is 9.72 Å². The van der Waals surface area contributed by atoms with Crippen LogP contribution in [0.1, 0.15) is 19.8 Å². The zero-order valence-electron chi connectivity index (χ0n) is 19.1. The molecule has 7 heteroatoms. The summed E-state index contributed by atoms with van der Waals surface area (Å²) in [7, 11) is 3.84. The van der Waals surface area contributed by atoms with Crippen molar-refractivity contribution in [1.29, 1.82) is 0 Å². The normalized spacial score (nSPS) is 11.9. The van der Waals surface area contributed by atoms with Crippen molar-refractivity contribution in [2.75, 3.05) is 44.0 Å². The molecule has 1 atom stereocenters. The molecule has 1 aromatic heterocycles. The SMILES string of the molecule is CCCCN(c1ccccc1)c1ccnc(Nc2ccc(OCC(O)CN(C)C)cc2)n1. The third-order valence-electron chi connectivity index (χ3n) is 4.85. The molecule has 2 N–H and O–H groups in total. The lowest BCUT2D eigenvalue weighted by atomic mass is 10.2. The Bertz CT molecular complexity index is 935. The number of aliphatic hydroxyl groups is 1. The van der Waals surface area contributed by atoms with Crippen LogP contribution in [0.4, 0.5) is 23.1 Å². The molecule has 0 fully saturated rings. The van der Waals surface area contributed by atoms with Gasteiger partial charge in [0.05, 0.1) is 0 Å². The molecule has 0 aliphatic rings. The molecule has 7 nitrogen and oxygen atoms in total. The van der Waals surface area contributed by atoms with Gasteiger partial charge >= 0.3 is 0 Å². The largest absolute Gasteiger partial charge is 0.491 e. The van der Waals surface area contributed by atoms with E-state index < -0.39 is 6.10 Å². The molecule has 0 saturated carbocycles. The Morgan fingerprint density at radius 3 is 2.47 bits per heavy atom. The van der Waals surface area contributed by atoms with Crippen LogP contribution < -0.4 is 15.0 Å². The molecule has 3 aromatic rings. The minimum absolute atomic E-state index is 0.253. The van der Waals surface area contributed by atoms with Gasteiger partial charge in [-0.15, -0.1) is 0 Å². The van der Waals surface area contributed by atoms with Crippen LogP contribution in [-0.4, -0.2) is 59.9 Å². The summed E-state index contributed by atoms with van der Waals surface area (Å²) in [5.41, 5.74) is 1.98. The number of ether oxygens (including phenoxy) is 1. The minimum Gasteiger partial charge on any atom is -0.491 e. The maximum atomic E-state index is 9.94. The highest BCUT2D eigenvalue weighted by molar-refractivity contribution is 5.62. The van der Waals surface area contributed by atoms with E-state index in [0.29, 0.717) is 18.2 Å². The zero-order valence-corrected chi connectivity index (χ0v) is 19.1. The number of anilines is 4. The van der Waals surface area contributed by atoms with Crippen molar-refractivity contribution in [3.05, 3.63) is 66.9 Å². The molecule has 0 aliphatic carbocycles. The van der Waals surface area contributed by atoms with E-state index in [2.05, 4.69) is 34.3 Å². The lowest BCUT2D eigenvalue weighted by Gasteiger charge is -2.24. The molecule has 3 rings (SSSR count). The van der Waals surface area contributed by atoms with Crippen molar-refractivity contribution in [3.8, 4) is 5.75 Å². The van der Waals surface area contributed by atoms with Crippen LogP contribution in [0.5, 0.6) is 5.75 Å². The molecule has 32 heavy (non-hydrogen) atoms. The van der Waals surface area contributed by atoms with Crippen LogP contribution in [-0.2, 0) is 0 Å². The van der Waals surface area contributed by atoms with Gasteiger partial charge in [0.15, 0.2) is 0 Å². The van der Waals surface area contributed by atoms with Crippen molar-refractivity contribution in [1.82, 2.24) is 14.9 Å². The van der Waals surface area contributed by atoms with Gasteiger partial charge < -0.3 is 25.0 Å². The molecule has 0 aliphatic heterocycles. The Kier molecular flexibility index (Phi) is 8.83. The second-order valence-corrected chi connectivity index (χ2v) is 7.96. The first-order valence-corrected chi connectivity index (χ1v) is 11.0. The lowest BCUT2D eigenvalue weighted by molar-refractivity contribution is 0.0831. The van der Waals surface area contributed by atoms with Crippen LogP contribution in [0, 0.1) is 0 Å². The molecule has 2 aromatic carbocycles. The van der Waals surface area contributed by atoms with Crippen molar-refractivity contribution in [3.63, 3.8) is 0 Å². The summed E-state index contributed by atoms with van der Waals surface area (Å²) < 4.78 is 5.67. The van der Waals surface area contributed by atoms with Crippen LogP contribution in [0.3, 0.4) is 0 Å². The molecule has 0 amide bonds. The van der Waals surface area contributed by atoms with Crippen molar-refractivity contribution in [2.45, 2.75) is 25.9 Å². The number of rotatable bonds is 12. The first-order valence-electron chi connectivity index (χ1n) is 11.0. The highest BCUT2D eigenvalue weighted by Crippen LogP contribution is 2.25. The van der Waals surface area contributed by atoms with E-state index in [1.807, 2.05) is 67.5 Å². The van der Waals surface area contributed by atoms with Gasteiger partial charge in [0.2, 0.25) is 5.95 Å². The summed E-state index contributed by atoms with van der Waals surface area (Å²) in [6, 6.07) is 19.8. The van der Waals surface area contributed by atoms with Gasteiger partial charge in [-0.05, 0) is 63.0 Å². The molecule has 1 unspecified atom stereocenters. The third kappa shape index (κ3) is 7.21. The van der Waals surface area contributed by atoms with Gasteiger partial charge in [-0.25, -0.2) is 4.98 Å². The number of aromatic nitrogens is 2. The number of nitrogens with one attached hydrogen (secondary N) is 1. The third-order valence-corrected chi connectivity index (χ3v) is 4.85. The van der Waals surface area contributed by atoms with Gasteiger partial charge in [0.1, 0.15) is 24.3 Å². The fourth-order valence-electron chi connectivity index (χ4n) is 3.29. The van der Waals surface area contributed by atoms with Crippen LogP contribution >= 0.6 is 0 Å². The zero-order chi connectivity index (χ0) is 22.8. The Hall–Kier alpha value is -3.16. The highest BCUT2D eigenvalue weighted by atomic mass is 16.5. The maximum absolute atomic E-state index is 9.94. The summed E-state index contributed by atoms with van der Waals surface area (Å²) in [5, 5.41) is 13.2. The number of aliphatic hydroxyl groups excluding tert-OH is 1. The predicted molar refractivity (Wildman–Crippen MR) is 130 cm³/mol. The summed E-state index contributed by atoms with van der Waals surface area (Å²) in [4.78, 5) is 13.3.